The van der Waals surface area contributed by atoms with Crippen LogP contribution in [0.15, 0.2) is 10.5 Å². The summed E-state index contributed by atoms with van der Waals surface area (Å²) in [6.45, 7) is 1.98. The second-order valence-electron chi connectivity index (χ2n) is 9.73. The highest BCUT2D eigenvalue weighted by atomic mass is 79.9. The molecule has 4 heterocycles. The van der Waals surface area contributed by atoms with E-state index in [9.17, 15) is 19.6 Å². The predicted octanol–water partition coefficient (Wildman–Crippen LogP) is 3.58. The first-order chi connectivity index (χ1) is 17.8. The van der Waals surface area contributed by atoms with Crippen LogP contribution in [-0.4, -0.2) is 95.2 Å². The van der Waals surface area contributed by atoms with E-state index >= 15 is 4.39 Å². The monoisotopic (exact) mass is 580 g/mol. The van der Waals surface area contributed by atoms with Crippen LogP contribution in [0.1, 0.15) is 25.7 Å². The molecule has 0 unspecified atom stereocenters. The summed E-state index contributed by atoms with van der Waals surface area (Å²) in [6, 6.07) is 3.03. The fourth-order valence-corrected chi connectivity index (χ4v) is 6.29. The van der Waals surface area contributed by atoms with E-state index in [1.807, 2.05) is 11.0 Å². The van der Waals surface area contributed by atoms with Crippen LogP contribution >= 0.6 is 15.9 Å². The number of rotatable bonds is 6. The Morgan fingerprint density at radius 3 is 2.89 bits per heavy atom. The van der Waals surface area contributed by atoms with Crippen molar-refractivity contribution in [1.29, 1.82) is 5.26 Å². The minimum atomic E-state index is -1.10. The smallest absolute Gasteiger partial charge is 0.407 e. The number of ether oxygens (including phenoxy) is 2. The molecular formula is C24H27BrF2N6O4. The van der Waals surface area contributed by atoms with Crippen LogP contribution in [0.2, 0.25) is 0 Å². The maximum absolute atomic E-state index is 15.5. The number of fused-ring (bicyclic) bond motifs is 2. The second-order valence-corrected chi connectivity index (χ2v) is 10.5. The maximum atomic E-state index is 15.5. The summed E-state index contributed by atoms with van der Waals surface area (Å²) in [4.78, 5) is 25.8. The summed E-state index contributed by atoms with van der Waals surface area (Å²) < 4.78 is 41.2. The van der Waals surface area contributed by atoms with E-state index in [0.29, 0.717) is 24.2 Å². The molecule has 1 aromatic carbocycles. The van der Waals surface area contributed by atoms with Gasteiger partial charge in [-0.1, -0.05) is 0 Å². The van der Waals surface area contributed by atoms with Crippen LogP contribution < -0.4 is 14.4 Å². The Morgan fingerprint density at radius 1 is 1.35 bits per heavy atom. The second kappa shape index (κ2) is 10.1. The minimum Gasteiger partial charge on any atom is -0.495 e. The third-order valence-corrected chi connectivity index (χ3v) is 8.34. The number of carboxylic acid groups (broad SMARTS) is 1. The molecule has 1 N–H and O–H groups in total. The van der Waals surface area contributed by atoms with Gasteiger partial charge in [0.1, 0.15) is 29.9 Å². The first-order valence-electron chi connectivity index (χ1n) is 12.1. The molecule has 0 bridgehead atoms. The summed E-state index contributed by atoms with van der Waals surface area (Å²) in [5.41, 5.74) is -0.414. The Balaban J connectivity index is 1.53. The van der Waals surface area contributed by atoms with Gasteiger partial charge in [-0.3, -0.25) is 4.90 Å². The third-order valence-electron chi connectivity index (χ3n) is 7.60. The van der Waals surface area contributed by atoms with Crippen molar-refractivity contribution in [3.05, 3.63) is 16.4 Å². The van der Waals surface area contributed by atoms with Crippen molar-refractivity contribution in [2.45, 2.75) is 43.4 Å². The van der Waals surface area contributed by atoms with Gasteiger partial charge in [0, 0.05) is 38.0 Å². The number of methoxy groups -OCH3 is 1. The van der Waals surface area contributed by atoms with Gasteiger partial charge in [0.15, 0.2) is 5.82 Å². The molecule has 1 aromatic heterocycles. The number of anilines is 1. The normalized spacial score (nSPS) is 25.8. The number of hydrogen-bond donors (Lipinski definition) is 1. The highest BCUT2D eigenvalue weighted by Gasteiger charge is 2.49. The van der Waals surface area contributed by atoms with Crippen molar-refractivity contribution in [2.75, 3.05) is 51.3 Å². The number of carbonyl (C=O) groups is 1. The maximum Gasteiger partial charge on any atom is 0.407 e. The molecule has 3 aliphatic rings. The molecule has 10 nitrogen and oxygen atoms in total. The molecule has 3 fully saturated rings. The zero-order valence-electron chi connectivity index (χ0n) is 20.3. The Labute approximate surface area is 220 Å². The largest absolute Gasteiger partial charge is 0.495 e. The first-order valence-corrected chi connectivity index (χ1v) is 12.9. The van der Waals surface area contributed by atoms with E-state index in [2.05, 4.69) is 30.8 Å². The summed E-state index contributed by atoms with van der Waals surface area (Å²) in [7, 11) is 1.42. The summed E-state index contributed by atoms with van der Waals surface area (Å²) in [5.74, 6) is -0.0408. The van der Waals surface area contributed by atoms with Crippen LogP contribution in [0, 0.1) is 17.1 Å². The first kappa shape index (κ1) is 25.7. The predicted molar refractivity (Wildman–Crippen MR) is 133 cm³/mol. The van der Waals surface area contributed by atoms with E-state index in [1.54, 1.807) is 6.07 Å². The average molecular weight is 581 g/mol. The molecule has 198 valence electrons. The average Bonchev–Trinajstić information content (AvgIpc) is 3.40. The number of nitrogens with zero attached hydrogens (tertiary/aromatic N) is 6. The molecule has 0 saturated carbocycles. The van der Waals surface area contributed by atoms with Crippen molar-refractivity contribution >= 4 is 38.7 Å². The molecule has 37 heavy (non-hydrogen) atoms. The lowest BCUT2D eigenvalue weighted by Gasteiger charge is -2.40. The topological polar surface area (TPSA) is 115 Å². The van der Waals surface area contributed by atoms with Crippen LogP contribution in [-0.2, 0) is 0 Å². The number of piperazine rings is 1. The Kier molecular flexibility index (Phi) is 6.97. The Bertz CT molecular complexity index is 1260. The van der Waals surface area contributed by atoms with Gasteiger partial charge in [-0.25, -0.2) is 13.6 Å². The van der Waals surface area contributed by atoms with E-state index in [1.165, 1.54) is 12.0 Å². The SMILES string of the molecule is COc1cc2c(N3CCN(C(=O)O)[C@@H](CC#N)C3)nc(OC[C@@]34CCCN3C[C@H](F)C4)nc2c(F)c1Br. The fourth-order valence-electron chi connectivity index (χ4n) is 5.83. The van der Waals surface area contributed by atoms with Gasteiger partial charge in [-0.05, 0) is 41.4 Å². The van der Waals surface area contributed by atoms with Crippen molar-refractivity contribution in [1.82, 2.24) is 19.8 Å². The number of hydrogen-bond acceptors (Lipinski definition) is 8. The number of benzene rings is 1. The highest BCUT2D eigenvalue weighted by molar-refractivity contribution is 9.10. The molecule has 1 amide bonds. The minimum absolute atomic E-state index is 0.00115. The lowest BCUT2D eigenvalue weighted by atomic mass is 9.95. The number of alkyl halides is 1. The molecule has 0 spiro atoms. The van der Waals surface area contributed by atoms with E-state index in [4.69, 9.17) is 9.47 Å². The van der Waals surface area contributed by atoms with E-state index in [0.717, 1.165) is 19.4 Å². The molecule has 3 atom stereocenters. The van der Waals surface area contributed by atoms with Gasteiger partial charge in [0.25, 0.3) is 0 Å². The zero-order chi connectivity index (χ0) is 26.3. The van der Waals surface area contributed by atoms with Crippen molar-refractivity contribution < 1.29 is 28.2 Å². The molecule has 13 heteroatoms. The van der Waals surface area contributed by atoms with Gasteiger partial charge < -0.3 is 24.4 Å². The zero-order valence-corrected chi connectivity index (χ0v) is 21.9. The molecule has 5 rings (SSSR count). The van der Waals surface area contributed by atoms with Gasteiger partial charge in [0.2, 0.25) is 0 Å². The highest BCUT2D eigenvalue weighted by Crippen LogP contribution is 2.41. The number of nitriles is 1. The summed E-state index contributed by atoms with van der Waals surface area (Å²) >= 11 is 3.22. The third kappa shape index (κ3) is 4.61. The van der Waals surface area contributed by atoms with Crippen molar-refractivity contribution in [3.63, 3.8) is 0 Å². The summed E-state index contributed by atoms with van der Waals surface area (Å²) in [6.07, 6.45) is 0.114. The summed E-state index contributed by atoms with van der Waals surface area (Å²) in [5, 5.41) is 19.2. The van der Waals surface area contributed by atoms with Crippen molar-refractivity contribution in [3.8, 4) is 17.8 Å². The van der Waals surface area contributed by atoms with Crippen LogP contribution in [0.3, 0.4) is 0 Å². The quantitative estimate of drug-likeness (QED) is 0.547. The van der Waals surface area contributed by atoms with Gasteiger partial charge in [0.05, 0.1) is 35.7 Å². The van der Waals surface area contributed by atoms with Crippen LogP contribution in [0.5, 0.6) is 11.8 Å². The number of amides is 1. The molecule has 2 aromatic rings. The molecular weight excluding hydrogens is 554 g/mol. The lowest BCUT2D eigenvalue weighted by molar-refractivity contribution is 0.107. The van der Waals surface area contributed by atoms with Gasteiger partial charge in [-0.15, -0.1) is 0 Å². The van der Waals surface area contributed by atoms with Crippen molar-refractivity contribution in [2.24, 2.45) is 0 Å². The Morgan fingerprint density at radius 2 is 2.16 bits per heavy atom. The lowest BCUT2D eigenvalue weighted by Crippen LogP contribution is -2.55. The number of aromatic nitrogens is 2. The molecule has 3 saturated heterocycles. The van der Waals surface area contributed by atoms with Gasteiger partial charge >= 0.3 is 12.1 Å². The number of halogens is 3. The van der Waals surface area contributed by atoms with Crippen LogP contribution in [0.4, 0.5) is 19.4 Å². The molecule has 0 radical (unpaired) electrons. The van der Waals surface area contributed by atoms with E-state index < -0.39 is 29.7 Å². The van der Waals surface area contributed by atoms with Gasteiger partial charge in [-0.2, -0.15) is 15.2 Å². The Hall–Kier alpha value is -2.98. The standard InChI is InChI=1S/C24H27BrF2N6O4/c1-36-17-9-16-20(19(27)18(17)25)29-22(37-13-24-4-2-6-32(24)11-14(26)10-24)30-21(16)31-7-8-33(23(34)35)15(12-31)3-5-28/h9,14-15H,2-4,6-8,10-13H2,1H3,(H,34,35)/t14-,15+,24+/m1/s1. The van der Waals surface area contributed by atoms with Crippen LogP contribution in [0.25, 0.3) is 10.9 Å². The van der Waals surface area contributed by atoms with E-state index in [-0.39, 0.29) is 54.4 Å². The molecule has 3 aliphatic heterocycles. The fraction of sp³-hybridized carbons (Fsp3) is 0.583. The molecule has 0 aliphatic carbocycles.